The van der Waals surface area contributed by atoms with E-state index in [1.807, 2.05) is 0 Å². The summed E-state index contributed by atoms with van der Waals surface area (Å²) >= 11 is 5.28. The minimum atomic E-state index is -0.322. The van der Waals surface area contributed by atoms with Gasteiger partial charge in [0, 0.05) is 13.1 Å². The van der Waals surface area contributed by atoms with E-state index in [1.54, 1.807) is 0 Å². The van der Waals surface area contributed by atoms with Gasteiger partial charge in [-0.2, -0.15) is 0 Å². The van der Waals surface area contributed by atoms with Crippen LogP contribution in [0.3, 0.4) is 0 Å². The molecular formula is C10H18ClN3O2. The van der Waals surface area contributed by atoms with E-state index in [0.717, 1.165) is 19.5 Å². The molecule has 92 valence electrons. The number of hydrogen-bond donors (Lipinski definition) is 2. The number of halogens is 1. The van der Waals surface area contributed by atoms with Gasteiger partial charge in [0.15, 0.2) is 0 Å². The van der Waals surface area contributed by atoms with Crippen LogP contribution >= 0.6 is 11.6 Å². The molecule has 0 saturated carbocycles. The van der Waals surface area contributed by atoms with Crippen molar-refractivity contribution in [2.45, 2.75) is 6.42 Å². The van der Waals surface area contributed by atoms with Crippen molar-refractivity contribution in [2.24, 2.45) is 5.92 Å². The summed E-state index contributed by atoms with van der Waals surface area (Å²) in [6, 6.07) is 0. The van der Waals surface area contributed by atoms with Crippen molar-refractivity contribution in [2.75, 3.05) is 39.1 Å². The molecule has 1 atom stereocenters. The first-order valence-electron chi connectivity index (χ1n) is 5.39. The molecule has 0 spiro atoms. The maximum Gasteiger partial charge on any atom is 0.239 e. The molecule has 1 fully saturated rings. The Morgan fingerprint density at radius 2 is 2.12 bits per heavy atom. The Labute approximate surface area is 101 Å². The van der Waals surface area contributed by atoms with Crippen LogP contribution in [0.1, 0.15) is 6.42 Å². The molecule has 0 aliphatic carbocycles. The van der Waals surface area contributed by atoms with Gasteiger partial charge in [-0.1, -0.05) is 0 Å². The third-order valence-electron chi connectivity index (χ3n) is 2.64. The fourth-order valence-corrected chi connectivity index (χ4v) is 1.83. The number of carbonyl (C=O) groups is 2. The summed E-state index contributed by atoms with van der Waals surface area (Å²) in [5.41, 5.74) is 0. The number of likely N-dealkylation sites (tertiary alicyclic amines) is 1. The molecule has 6 heteroatoms. The topological polar surface area (TPSA) is 61.4 Å². The molecule has 1 aliphatic rings. The molecule has 1 heterocycles. The van der Waals surface area contributed by atoms with Crippen molar-refractivity contribution in [3.63, 3.8) is 0 Å². The van der Waals surface area contributed by atoms with Gasteiger partial charge in [-0.3, -0.25) is 9.59 Å². The smallest absolute Gasteiger partial charge is 0.239 e. The lowest BCUT2D eigenvalue weighted by atomic mass is 10.1. The van der Waals surface area contributed by atoms with Gasteiger partial charge in [-0.15, -0.1) is 11.6 Å². The van der Waals surface area contributed by atoms with Gasteiger partial charge in [-0.25, -0.2) is 0 Å². The normalized spacial score (nSPS) is 20.8. The van der Waals surface area contributed by atoms with Gasteiger partial charge >= 0.3 is 0 Å². The molecule has 0 aromatic carbocycles. The number of carbonyl (C=O) groups excluding carboxylic acids is 2. The Bertz CT molecular complexity index is 260. The molecule has 16 heavy (non-hydrogen) atoms. The van der Waals surface area contributed by atoms with Crippen LogP contribution in [-0.4, -0.2) is 55.8 Å². The first-order chi connectivity index (χ1) is 7.61. The fraction of sp³-hybridized carbons (Fsp3) is 0.800. The predicted octanol–water partition coefficient (Wildman–Crippen LogP) is -0.591. The minimum Gasteiger partial charge on any atom is -0.354 e. The lowest BCUT2D eigenvalue weighted by Crippen LogP contribution is -2.39. The average molecular weight is 248 g/mol. The zero-order chi connectivity index (χ0) is 12.0. The van der Waals surface area contributed by atoms with Gasteiger partial charge < -0.3 is 15.5 Å². The molecule has 1 unspecified atom stereocenters. The van der Waals surface area contributed by atoms with Crippen LogP contribution in [0.2, 0.25) is 0 Å². The highest BCUT2D eigenvalue weighted by Gasteiger charge is 2.19. The fourth-order valence-electron chi connectivity index (χ4n) is 1.74. The zero-order valence-corrected chi connectivity index (χ0v) is 10.2. The molecule has 1 saturated heterocycles. The molecule has 0 aromatic heterocycles. The molecular weight excluding hydrogens is 230 g/mol. The largest absolute Gasteiger partial charge is 0.354 e. The Balaban J connectivity index is 2.08. The predicted molar refractivity (Wildman–Crippen MR) is 62.3 cm³/mol. The van der Waals surface area contributed by atoms with Gasteiger partial charge in [0.05, 0.1) is 6.54 Å². The van der Waals surface area contributed by atoms with E-state index in [-0.39, 0.29) is 24.2 Å². The second-order valence-corrected chi connectivity index (χ2v) is 4.40. The molecule has 1 rings (SSSR count). The van der Waals surface area contributed by atoms with Crippen molar-refractivity contribution in [3.05, 3.63) is 0 Å². The van der Waals surface area contributed by atoms with E-state index in [1.165, 1.54) is 0 Å². The van der Waals surface area contributed by atoms with E-state index >= 15 is 0 Å². The lowest BCUT2D eigenvalue weighted by Gasteiger charge is -2.11. The Hall–Kier alpha value is -0.810. The van der Waals surface area contributed by atoms with Crippen LogP contribution in [-0.2, 0) is 9.59 Å². The number of rotatable bonds is 5. The summed E-state index contributed by atoms with van der Waals surface area (Å²) in [5, 5.41) is 5.22. The van der Waals surface area contributed by atoms with E-state index in [0.29, 0.717) is 12.5 Å². The molecule has 2 amide bonds. The second kappa shape index (κ2) is 6.70. The van der Waals surface area contributed by atoms with Crippen LogP contribution in [0.25, 0.3) is 0 Å². The summed E-state index contributed by atoms with van der Waals surface area (Å²) in [5.74, 6) is -0.0659. The van der Waals surface area contributed by atoms with Crippen molar-refractivity contribution in [1.29, 1.82) is 0 Å². The Morgan fingerprint density at radius 1 is 1.38 bits per heavy atom. The highest BCUT2D eigenvalue weighted by molar-refractivity contribution is 6.27. The quantitative estimate of drug-likeness (QED) is 0.639. The summed E-state index contributed by atoms with van der Waals surface area (Å²) in [7, 11) is 2.07. The first kappa shape index (κ1) is 13.3. The van der Waals surface area contributed by atoms with Crippen LogP contribution in [0.5, 0.6) is 0 Å². The van der Waals surface area contributed by atoms with Gasteiger partial charge in [0.25, 0.3) is 0 Å². The van der Waals surface area contributed by atoms with Crippen LogP contribution in [0.4, 0.5) is 0 Å². The Kier molecular flexibility index (Phi) is 5.55. The standard InChI is InChI=1S/C10H18ClN3O2/c1-14-3-2-8(7-14)5-12-10(16)6-13-9(15)4-11/h8H,2-7H2,1H3,(H,12,16)(H,13,15). The maximum atomic E-state index is 11.3. The zero-order valence-electron chi connectivity index (χ0n) is 9.46. The van der Waals surface area contributed by atoms with E-state index in [4.69, 9.17) is 11.6 Å². The number of nitrogens with zero attached hydrogens (tertiary/aromatic N) is 1. The molecule has 0 bridgehead atoms. The average Bonchev–Trinajstić information content (AvgIpc) is 2.69. The summed E-state index contributed by atoms with van der Waals surface area (Å²) < 4.78 is 0. The molecule has 0 aromatic rings. The van der Waals surface area contributed by atoms with Crippen LogP contribution in [0, 0.1) is 5.92 Å². The van der Waals surface area contributed by atoms with Crippen molar-refractivity contribution >= 4 is 23.4 Å². The van der Waals surface area contributed by atoms with Crippen molar-refractivity contribution < 1.29 is 9.59 Å². The molecule has 0 radical (unpaired) electrons. The van der Waals surface area contributed by atoms with E-state index in [9.17, 15) is 9.59 Å². The number of hydrogen-bond acceptors (Lipinski definition) is 3. The highest BCUT2D eigenvalue weighted by Crippen LogP contribution is 2.12. The van der Waals surface area contributed by atoms with Crippen LogP contribution in [0.15, 0.2) is 0 Å². The first-order valence-corrected chi connectivity index (χ1v) is 5.93. The number of nitrogens with one attached hydrogen (secondary N) is 2. The number of alkyl halides is 1. The van der Waals surface area contributed by atoms with Crippen molar-refractivity contribution in [3.8, 4) is 0 Å². The van der Waals surface area contributed by atoms with Gasteiger partial charge in [-0.05, 0) is 25.9 Å². The lowest BCUT2D eigenvalue weighted by molar-refractivity contribution is -0.124. The third kappa shape index (κ3) is 4.81. The Morgan fingerprint density at radius 3 is 2.69 bits per heavy atom. The summed E-state index contributed by atoms with van der Waals surface area (Å²) in [6.45, 7) is 2.80. The highest BCUT2D eigenvalue weighted by atomic mass is 35.5. The summed E-state index contributed by atoms with van der Waals surface area (Å²) in [6.07, 6.45) is 1.12. The third-order valence-corrected chi connectivity index (χ3v) is 2.89. The molecule has 5 nitrogen and oxygen atoms in total. The molecule has 1 aliphatic heterocycles. The SMILES string of the molecule is CN1CCC(CNC(=O)CNC(=O)CCl)C1. The van der Waals surface area contributed by atoms with Crippen molar-refractivity contribution in [1.82, 2.24) is 15.5 Å². The second-order valence-electron chi connectivity index (χ2n) is 4.13. The maximum absolute atomic E-state index is 11.3. The summed E-state index contributed by atoms with van der Waals surface area (Å²) in [4.78, 5) is 24.4. The van der Waals surface area contributed by atoms with E-state index < -0.39 is 0 Å². The van der Waals surface area contributed by atoms with Gasteiger partial charge in [0.2, 0.25) is 11.8 Å². The minimum absolute atomic E-state index is 0.00805. The van der Waals surface area contributed by atoms with Crippen LogP contribution < -0.4 is 10.6 Å². The molecule has 2 N–H and O–H groups in total. The van der Waals surface area contributed by atoms with E-state index in [2.05, 4.69) is 22.6 Å². The van der Waals surface area contributed by atoms with Gasteiger partial charge in [0.1, 0.15) is 5.88 Å². The monoisotopic (exact) mass is 247 g/mol. The number of amides is 2.